The zero-order valence-corrected chi connectivity index (χ0v) is 9.19. The van der Waals surface area contributed by atoms with Gasteiger partial charge in [-0.25, -0.2) is 0 Å². The lowest BCUT2D eigenvalue weighted by Crippen LogP contribution is -2.52. The van der Waals surface area contributed by atoms with E-state index < -0.39 is 17.0 Å². The van der Waals surface area contributed by atoms with Gasteiger partial charge in [-0.15, -0.1) is 0 Å². The monoisotopic (exact) mass is 208 g/mol. The van der Waals surface area contributed by atoms with Crippen LogP contribution < -0.4 is 0 Å². The summed E-state index contributed by atoms with van der Waals surface area (Å²) in [5, 5.41) is 20.2. The van der Waals surface area contributed by atoms with Crippen LogP contribution in [0.5, 0.6) is 0 Å². The number of aliphatic hydroxyl groups is 2. The van der Waals surface area contributed by atoms with Gasteiger partial charge in [0.2, 0.25) is 0 Å². The van der Waals surface area contributed by atoms with Crippen molar-refractivity contribution in [3.05, 3.63) is 35.9 Å². The first-order valence-corrected chi connectivity index (χ1v) is 4.81. The van der Waals surface area contributed by atoms with E-state index in [-0.39, 0.29) is 0 Å². The molecule has 15 heavy (non-hydrogen) atoms. The molecule has 1 aromatic rings. The Kier molecular flexibility index (Phi) is 2.98. The fraction of sp³-hybridized carbons (Fsp3) is 0.417. The van der Waals surface area contributed by atoms with Crippen LogP contribution in [-0.4, -0.2) is 21.6 Å². The molecule has 82 valence electrons. The minimum atomic E-state index is -1.78. The van der Waals surface area contributed by atoms with Crippen molar-refractivity contribution in [2.45, 2.75) is 32.0 Å². The van der Waals surface area contributed by atoms with Crippen molar-refractivity contribution in [2.24, 2.45) is 0 Å². The number of rotatable bonds is 3. The second kappa shape index (κ2) is 3.76. The summed E-state index contributed by atoms with van der Waals surface area (Å²) in [6.45, 7) is 4.02. The van der Waals surface area contributed by atoms with Crippen LogP contribution in [0.1, 0.15) is 26.3 Å². The summed E-state index contributed by atoms with van der Waals surface area (Å²) in [4.78, 5) is 11.3. The molecule has 1 rings (SSSR count). The van der Waals surface area contributed by atoms with Crippen molar-refractivity contribution in [2.75, 3.05) is 0 Å². The lowest BCUT2D eigenvalue weighted by molar-refractivity contribution is -0.165. The molecule has 0 saturated carbocycles. The molecule has 3 nitrogen and oxygen atoms in total. The van der Waals surface area contributed by atoms with Gasteiger partial charge in [0, 0.05) is 0 Å². The number of benzene rings is 1. The maximum Gasteiger partial charge on any atom is 0.164 e. The average molecular weight is 208 g/mol. The molecule has 0 amide bonds. The van der Waals surface area contributed by atoms with E-state index in [9.17, 15) is 15.0 Å². The van der Waals surface area contributed by atoms with Crippen molar-refractivity contribution in [3.63, 3.8) is 0 Å². The fourth-order valence-electron chi connectivity index (χ4n) is 1.39. The second-order valence-corrected chi connectivity index (χ2v) is 4.07. The van der Waals surface area contributed by atoms with Crippen LogP contribution in [-0.2, 0) is 10.4 Å². The van der Waals surface area contributed by atoms with Gasteiger partial charge < -0.3 is 10.2 Å². The number of ketones is 1. The van der Waals surface area contributed by atoms with E-state index in [1.54, 1.807) is 24.3 Å². The smallest absolute Gasteiger partial charge is 0.164 e. The summed E-state index contributed by atoms with van der Waals surface area (Å²) in [7, 11) is 0. The van der Waals surface area contributed by atoms with Crippen LogP contribution in [0.25, 0.3) is 0 Å². The standard InChI is InChI=1S/C12H16O3/c1-9(13)11(2,14)12(3,15)10-7-5-4-6-8-10/h4-8,14-15H,1-3H3/t11-,12+/m0/s1. The lowest BCUT2D eigenvalue weighted by atomic mass is 9.78. The Morgan fingerprint density at radius 1 is 1.13 bits per heavy atom. The van der Waals surface area contributed by atoms with Gasteiger partial charge in [-0.3, -0.25) is 4.79 Å². The third kappa shape index (κ3) is 1.94. The second-order valence-electron chi connectivity index (χ2n) is 4.07. The molecule has 0 fully saturated rings. The minimum Gasteiger partial charge on any atom is -0.382 e. The average Bonchev–Trinajstić information content (AvgIpc) is 2.18. The Bertz CT molecular complexity index is 352. The highest BCUT2D eigenvalue weighted by atomic mass is 16.4. The van der Waals surface area contributed by atoms with Crippen LogP contribution in [0.15, 0.2) is 30.3 Å². The Morgan fingerprint density at radius 2 is 1.60 bits per heavy atom. The van der Waals surface area contributed by atoms with Gasteiger partial charge in [0.25, 0.3) is 0 Å². The van der Waals surface area contributed by atoms with Crippen molar-refractivity contribution >= 4 is 5.78 Å². The third-order valence-electron chi connectivity index (χ3n) is 2.97. The first-order chi connectivity index (χ1) is 6.80. The lowest BCUT2D eigenvalue weighted by Gasteiger charge is -2.36. The molecule has 0 aliphatic rings. The molecular formula is C12H16O3. The van der Waals surface area contributed by atoms with Crippen molar-refractivity contribution < 1.29 is 15.0 Å². The molecule has 0 spiro atoms. The Labute approximate surface area is 89.4 Å². The van der Waals surface area contributed by atoms with Crippen molar-refractivity contribution in [1.82, 2.24) is 0 Å². The van der Waals surface area contributed by atoms with E-state index in [1.165, 1.54) is 20.8 Å². The number of carbonyl (C=O) groups excluding carboxylic acids is 1. The largest absolute Gasteiger partial charge is 0.382 e. The zero-order valence-electron chi connectivity index (χ0n) is 9.19. The first kappa shape index (κ1) is 11.9. The molecule has 0 aliphatic carbocycles. The predicted octanol–water partition coefficient (Wildman–Crippen LogP) is 1.23. The van der Waals surface area contributed by atoms with Crippen molar-refractivity contribution in [3.8, 4) is 0 Å². The molecule has 1 aromatic carbocycles. The van der Waals surface area contributed by atoms with E-state index in [4.69, 9.17) is 0 Å². The van der Waals surface area contributed by atoms with Gasteiger partial charge in [-0.05, 0) is 26.3 Å². The molecule has 0 saturated heterocycles. The Hall–Kier alpha value is -1.19. The maximum atomic E-state index is 11.3. The normalized spacial score (nSPS) is 19.0. The SMILES string of the molecule is CC(=O)[C@](C)(O)[C@](C)(O)c1ccccc1. The molecule has 0 unspecified atom stereocenters. The number of Topliss-reactive ketones (excluding diaryl/α,β-unsaturated/α-hetero) is 1. The van der Waals surface area contributed by atoms with Gasteiger partial charge in [-0.1, -0.05) is 30.3 Å². The van der Waals surface area contributed by atoms with Crippen LogP contribution in [0.2, 0.25) is 0 Å². The molecule has 2 atom stereocenters. The molecule has 0 heterocycles. The van der Waals surface area contributed by atoms with Crippen LogP contribution in [0.3, 0.4) is 0 Å². The summed E-state index contributed by atoms with van der Waals surface area (Å²) in [6.07, 6.45) is 0. The van der Waals surface area contributed by atoms with Gasteiger partial charge in [0.1, 0.15) is 5.60 Å². The zero-order chi connectivity index (χ0) is 11.7. The van der Waals surface area contributed by atoms with E-state index in [1.807, 2.05) is 6.07 Å². The quantitative estimate of drug-likeness (QED) is 0.785. The topological polar surface area (TPSA) is 57.5 Å². The van der Waals surface area contributed by atoms with Gasteiger partial charge in [0.05, 0.1) is 0 Å². The Balaban J connectivity index is 3.19. The van der Waals surface area contributed by atoms with Crippen LogP contribution >= 0.6 is 0 Å². The van der Waals surface area contributed by atoms with E-state index in [2.05, 4.69) is 0 Å². The summed E-state index contributed by atoms with van der Waals surface area (Å²) < 4.78 is 0. The van der Waals surface area contributed by atoms with E-state index in [0.29, 0.717) is 5.56 Å². The highest BCUT2D eigenvalue weighted by molar-refractivity contribution is 5.85. The maximum absolute atomic E-state index is 11.3. The summed E-state index contributed by atoms with van der Waals surface area (Å²) in [6, 6.07) is 8.66. The highest BCUT2D eigenvalue weighted by Gasteiger charge is 2.46. The van der Waals surface area contributed by atoms with Crippen molar-refractivity contribution in [1.29, 1.82) is 0 Å². The van der Waals surface area contributed by atoms with E-state index in [0.717, 1.165) is 0 Å². The number of hydrogen-bond acceptors (Lipinski definition) is 3. The van der Waals surface area contributed by atoms with Gasteiger partial charge in [-0.2, -0.15) is 0 Å². The summed E-state index contributed by atoms with van der Waals surface area (Å²) in [5.74, 6) is -0.462. The molecule has 0 aliphatic heterocycles. The predicted molar refractivity (Wildman–Crippen MR) is 57.3 cm³/mol. The van der Waals surface area contributed by atoms with Crippen LogP contribution in [0, 0.1) is 0 Å². The number of hydrogen-bond donors (Lipinski definition) is 2. The Morgan fingerprint density at radius 3 is 2.00 bits per heavy atom. The summed E-state index contributed by atoms with van der Waals surface area (Å²) in [5.41, 5.74) is -2.85. The first-order valence-electron chi connectivity index (χ1n) is 4.81. The molecule has 2 N–H and O–H groups in total. The minimum absolute atomic E-state index is 0.462. The number of carbonyl (C=O) groups is 1. The summed E-state index contributed by atoms with van der Waals surface area (Å²) >= 11 is 0. The van der Waals surface area contributed by atoms with Gasteiger partial charge >= 0.3 is 0 Å². The molecule has 3 heteroatoms. The fourth-order valence-corrected chi connectivity index (χ4v) is 1.39. The van der Waals surface area contributed by atoms with Gasteiger partial charge in [0.15, 0.2) is 11.4 Å². The van der Waals surface area contributed by atoms with Crippen LogP contribution in [0.4, 0.5) is 0 Å². The molecule has 0 aromatic heterocycles. The van der Waals surface area contributed by atoms with E-state index >= 15 is 0 Å². The third-order valence-corrected chi connectivity index (χ3v) is 2.97. The molecular weight excluding hydrogens is 192 g/mol. The molecule has 0 bridgehead atoms. The highest BCUT2D eigenvalue weighted by Crippen LogP contribution is 2.32. The molecule has 0 radical (unpaired) electrons.